The summed E-state index contributed by atoms with van der Waals surface area (Å²) in [6, 6.07) is 0. The van der Waals surface area contributed by atoms with Gasteiger partial charge in [-0.05, 0) is 43.4 Å². The van der Waals surface area contributed by atoms with Crippen molar-refractivity contribution in [3.05, 3.63) is 12.2 Å². The predicted molar refractivity (Wildman–Crippen MR) is 67.7 cm³/mol. The van der Waals surface area contributed by atoms with E-state index in [1.165, 1.54) is 12.8 Å². The standard InChI is InChI=1S/C14H27N/c1-12(2)9-10-13(3,4)11(12)7-8-14(5,6)15/h7-8,11H,9-10,15H2,1-6H3/b8-7+. The minimum absolute atomic E-state index is 0.186. The van der Waals surface area contributed by atoms with Gasteiger partial charge in [0.15, 0.2) is 0 Å². The molecule has 0 aromatic rings. The second-order valence-corrected chi connectivity index (χ2v) is 7.14. The van der Waals surface area contributed by atoms with E-state index in [1.807, 2.05) is 0 Å². The quantitative estimate of drug-likeness (QED) is 0.689. The normalized spacial score (nSPS) is 26.3. The molecule has 0 radical (unpaired) electrons. The molecule has 0 unspecified atom stereocenters. The Morgan fingerprint density at radius 2 is 1.47 bits per heavy atom. The molecule has 1 rings (SSSR count). The lowest BCUT2D eigenvalue weighted by Gasteiger charge is -2.33. The van der Waals surface area contributed by atoms with Crippen molar-refractivity contribution in [2.24, 2.45) is 22.5 Å². The lowest BCUT2D eigenvalue weighted by Crippen LogP contribution is -2.31. The summed E-state index contributed by atoms with van der Waals surface area (Å²) in [5.41, 5.74) is 6.66. The van der Waals surface area contributed by atoms with Gasteiger partial charge in [-0.25, -0.2) is 0 Å². The Kier molecular flexibility index (Phi) is 3.08. The van der Waals surface area contributed by atoms with Gasteiger partial charge in [-0.3, -0.25) is 0 Å². The molecule has 0 amide bonds. The first-order valence-electron chi connectivity index (χ1n) is 6.03. The Morgan fingerprint density at radius 3 is 1.80 bits per heavy atom. The maximum Gasteiger partial charge on any atom is 0.0281 e. The fourth-order valence-electron chi connectivity index (χ4n) is 2.88. The molecule has 0 atom stereocenters. The van der Waals surface area contributed by atoms with Crippen molar-refractivity contribution in [1.29, 1.82) is 0 Å². The molecular formula is C14H27N. The number of rotatable bonds is 2. The zero-order valence-corrected chi connectivity index (χ0v) is 11.2. The van der Waals surface area contributed by atoms with Gasteiger partial charge in [-0.2, -0.15) is 0 Å². The third kappa shape index (κ3) is 3.07. The first-order valence-corrected chi connectivity index (χ1v) is 6.03. The largest absolute Gasteiger partial charge is 0.322 e. The molecule has 0 saturated heterocycles. The van der Waals surface area contributed by atoms with Gasteiger partial charge in [0.1, 0.15) is 0 Å². The molecule has 1 fully saturated rings. The second kappa shape index (κ2) is 3.62. The highest BCUT2D eigenvalue weighted by Gasteiger charge is 2.45. The first-order chi connectivity index (χ1) is 6.55. The van der Waals surface area contributed by atoms with E-state index >= 15 is 0 Å². The molecule has 2 N–H and O–H groups in total. The summed E-state index contributed by atoms with van der Waals surface area (Å²) in [6.45, 7) is 13.6. The van der Waals surface area contributed by atoms with Crippen LogP contribution in [0.4, 0.5) is 0 Å². The molecule has 1 nitrogen and oxygen atoms in total. The highest BCUT2D eigenvalue weighted by atomic mass is 14.7. The van der Waals surface area contributed by atoms with Crippen LogP contribution in [0.5, 0.6) is 0 Å². The average Bonchev–Trinajstić information content (AvgIpc) is 2.17. The van der Waals surface area contributed by atoms with Gasteiger partial charge in [0.2, 0.25) is 0 Å². The SMILES string of the molecule is CC(C)(N)/C=C/C1C(C)(C)CCC1(C)C. The summed E-state index contributed by atoms with van der Waals surface area (Å²) in [6.07, 6.45) is 7.17. The minimum Gasteiger partial charge on any atom is -0.322 e. The molecule has 1 aliphatic rings. The Balaban J connectivity index is 2.87. The third-order valence-corrected chi connectivity index (χ3v) is 3.82. The first kappa shape index (κ1) is 12.8. The van der Waals surface area contributed by atoms with Crippen molar-refractivity contribution < 1.29 is 0 Å². The molecule has 0 heterocycles. The summed E-state index contributed by atoms with van der Waals surface area (Å²) < 4.78 is 0. The fourth-order valence-corrected chi connectivity index (χ4v) is 2.88. The Bertz CT molecular complexity index is 237. The molecule has 1 heteroatoms. The lowest BCUT2D eigenvalue weighted by atomic mass is 9.72. The van der Waals surface area contributed by atoms with E-state index < -0.39 is 0 Å². The van der Waals surface area contributed by atoms with Gasteiger partial charge in [0.25, 0.3) is 0 Å². The molecule has 1 saturated carbocycles. The van der Waals surface area contributed by atoms with Crippen LogP contribution in [0.25, 0.3) is 0 Å². The van der Waals surface area contributed by atoms with Crippen LogP contribution in [0.3, 0.4) is 0 Å². The smallest absolute Gasteiger partial charge is 0.0281 e. The molecule has 1 aliphatic carbocycles. The van der Waals surface area contributed by atoms with Crippen molar-refractivity contribution >= 4 is 0 Å². The molecular weight excluding hydrogens is 182 g/mol. The Morgan fingerprint density at radius 1 is 1.07 bits per heavy atom. The number of hydrogen-bond acceptors (Lipinski definition) is 1. The fraction of sp³-hybridized carbons (Fsp3) is 0.857. The van der Waals surface area contributed by atoms with E-state index in [2.05, 4.69) is 53.7 Å². The van der Waals surface area contributed by atoms with Crippen molar-refractivity contribution in [2.75, 3.05) is 0 Å². The van der Waals surface area contributed by atoms with Crippen LogP contribution < -0.4 is 5.73 Å². The third-order valence-electron chi connectivity index (χ3n) is 3.82. The molecule has 88 valence electrons. The highest BCUT2D eigenvalue weighted by Crippen LogP contribution is 2.54. The monoisotopic (exact) mass is 209 g/mol. The number of nitrogens with two attached hydrogens (primary N) is 1. The second-order valence-electron chi connectivity index (χ2n) is 7.14. The van der Waals surface area contributed by atoms with Gasteiger partial charge < -0.3 is 5.73 Å². The van der Waals surface area contributed by atoms with E-state index in [0.29, 0.717) is 16.7 Å². The van der Waals surface area contributed by atoms with Crippen LogP contribution in [-0.2, 0) is 0 Å². The molecule has 15 heavy (non-hydrogen) atoms. The highest BCUT2D eigenvalue weighted by molar-refractivity contribution is 5.10. The van der Waals surface area contributed by atoms with Gasteiger partial charge >= 0.3 is 0 Å². The van der Waals surface area contributed by atoms with Crippen LogP contribution in [-0.4, -0.2) is 5.54 Å². The van der Waals surface area contributed by atoms with Gasteiger partial charge in [-0.1, -0.05) is 39.8 Å². The number of hydrogen-bond donors (Lipinski definition) is 1. The summed E-state index contributed by atoms with van der Waals surface area (Å²) in [4.78, 5) is 0. The maximum atomic E-state index is 6.00. The molecule has 0 bridgehead atoms. The maximum absolute atomic E-state index is 6.00. The van der Waals surface area contributed by atoms with Crippen LogP contribution in [0.2, 0.25) is 0 Å². The van der Waals surface area contributed by atoms with Crippen molar-refractivity contribution in [3.63, 3.8) is 0 Å². The zero-order valence-electron chi connectivity index (χ0n) is 11.2. The van der Waals surface area contributed by atoms with E-state index in [1.54, 1.807) is 0 Å². The van der Waals surface area contributed by atoms with E-state index in [4.69, 9.17) is 5.73 Å². The summed E-state index contributed by atoms with van der Waals surface area (Å²) >= 11 is 0. The zero-order chi connectivity index (χ0) is 11.9. The Labute approximate surface area is 95.1 Å². The van der Waals surface area contributed by atoms with Crippen LogP contribution in [0.15, 0.2) is 12.2 Å². The topological polar surface area (TPSA) is 26.0 Å². The van der Waals surface area contributed by atoms with Crippen LogP contribution in [0, 0.1) is 16.7 Å². The average molecular weight is 209 g/mol. The molecule has 0 spiro atoms. The summed E-state index contributed by atoms with van der Waals surface area (Å²) in [7, 11) is 0. The van der Waals surface area contributed by atoms with Gasteiger partial charge in [-0.15, -0.1) is 0 Å². The lowest BCUT2D eigenvalue weighted by molar-refractivity contribution is 0.209. The van der Waals surface area contributed by atoms with Crippen LogP contribution >= 0.6 is 0 Å². The number of allylic oxidation sites excluding steroid dienone is 1. The molecule has 0 aromatic heterocycles. The Hall–Kier alpha value is -0.300. The summed E-state index contributed by atoms with van der Waals surface area (Å²) in [5.74, 6) is 0.646. The van der Waals surface area contributed by atoms with Crippen molar-refractivity contribution in [2.45, 2.75) is 59.9 Å². The van der Waals surface area contributed by atoms with Crippen LogP contribution in [0.1, 0.15) is 54.4 Å². The van der Waals surface area contributed by atoms with Gasteiger partial charge in [0.05, 0.1) is 0 Å². The summed E-state index contributed by atoms with van der Waals surface area (Å²) in [5, 5.41) is 0. The minimum atomic E-state index is -0.186. The molecule has 0 aliphatic heterocycles. The van der Waals surface area contributed by atoms with Crippen molar-refractivity contribution in [1.82, 2.24) is 0 Å². The van der Waals surface area contributed by atoms with E-state index in [-0.39, 0.29) is 5.54 Å². The van der Waals surface area contributed by atoms with E-state index in [9.17, 15) is 0 Å². The van der Waals surface area contributed by atoms with Gasteiger partial charge in [0, 0.05) is 5.54 Å². The van der Waals surface area contributed by atoms with E-state index in [0.717, 1.165) is 0 Å². The van der Waals surface area contributed by atoms with Crippen molar-refractivity contribution in [3.8, 4) is 0 Å². The molecule has 0 aromatic carbocycles. The predicted octanol–water partition coefficient (Wildman–Crippen LogP) is 3.74.